The van der Waals surface area contributed by atoms with Crippen LogP contribution in [0.2, 0.25) is 0 Å². The van der Waals surface area contributed by atoms with Gasteiger partial charge < -0.3 is 9.84 Å². The number of phenols is 1. The summed E-state index contributed by atoms with van der Waals surface area (Å²) in [4.78, 5) is 20.3. The predicted octanol–water partition coefficient (Wildman–Crippen LogP) is 2.59. The molecule has 0 unspecified atom stereocenters. The Bertz CT molecular complexity index is 626. The molecule has 0 saturated heterocycles. The number of aromatic hydroxyl groups is 1. The number of benzene rings is 1. The van der Waals surface area contributed by atoms with Crippen molar-refractivity contribution in [1.29, 1.82) is 0 Å². The van der Waals surface area contributed by atoms with Gasteiger partial charge in [-0.05, 0) is 25.5 Å². The fraction of sp³-hybridized carbons (Fsp3) is 0.267. The van der Waals surface area contributed by atoms with Crippen molar-refractivity contribution in [2.75, 3.05) is 6.61 Å². The summed E-state index contributed by atoms with van der Waals surface area (Å²) in [6.07, 6.45) is 2.08. The van der Waals surface area contributed by atoms with E-state index in [4.69, 9.17) is 4.74 Å². The zero-order chi connectivity index (χ0) is 14.5. The molecule has 5 heteroatoms. The van der Waals surface area contributed by atoms with Crippen molar-refractivity contribution in [3.05, 3.63) is 41.7 Å². The molecule has 20 heavy (non-hydrogen) atoms. The molecule has 1 aromatic carbocycles. The molecule has 2 rings (SSSR count). The third kappa shape index (κ3) is 2.93. The highest BCUT2D eigenvalue weighted by Gasteiger charge is 2.15. The molecule has 1 aromatic heterocycles. The smallest absolute Gasteiger partial charge is 0.341 e. The topological polar surface area (TPSA) is 72.3 Å². The van der Waals surface area contributed by atoms with Crippen molar-refractivity contribution in [1.82, 2.24) is 9.97 Å². The van der Waals surface area contributed by atoms with Crippen molar-refractivity contribution in [2.24, 2.45) is 0 Å². The summed E-state index contributed by atoms with van der Waals surface area (Å²) in [5, 5.41) is 9.48. The second-order valence-corrected chi connectivity index (χ2v) is 4.18. The van der Waals surface area contributed by atoms with E-state index in [0.717, 1.165) is 0 Å². The Labute approximate surface area is 117 Å². The van der Waals surface area contributed by atoms with Gasteiger partial charge >= 0.3 is 5.97 Å². The Morgan fingerprint density at radius 2 is 2.15 bits per heavy atom. The molecule has 0 saturated carbocycles. The number of carbonyl (C=O) groups is 1. The van der Waals surface area contributed by atoms with Gasteiger partial charge in [0.1, 0.15) is 5.75 Å². The number of nitrogens with zero attached hydrogens (tertiary/aromatic N) is 2. The van der Waals surface area contributed by atoms with Crippen LogP contribution in [-0.4, -0.2) is 27.7 Å². The molecule has 0 amide bonds. The first-order valence-corrected chi connectivity index (χ1v) is 6.48. The highest BCUT2D eigenvalue weighted by molar-refractivity contribution is 5.90. The van der Waals surface area contributed by atoms with Crippen LogP contribution in [0.25, 0.3) is 11.4 Å². The molecular weight excluding hydrogens is 256 g/mol. The number of rotatable bonds is 4. The maximum atomic E-state index is 11.8. The Kier molecular flexibility index (Phi) is 4.30. The van der Waals surface area contributed by atoms with Gasteiger partial charge in [-0.3, -0.25) is 0 Å². The van der Waals surface area contributed by atoms with E-state index in [0.29, 0.717) is 35.7 Å². The normalized spacial score (nSPS) is 10.3. The molecule has 0 fully saturated rings. The van der Waals surface area contributed by atoms with Crippen LogP contribution in [0.15, 0.2) is 30.5 Å². The standard InChI is InChI=1S/C15H16N2O3/c1-3-13-12(15(19)20-4-2)9-16-14(17-13)10-6-5-7-11(18)8-10/h5-9,18H,3-4H2,1-2H3. The van der Waals surface area contributed by atoms with Crippen molar-refractivity contribution in [3.8, 4) is 17.1 Å². The zero-order valence-corrected chi connectivity index (χ0v) is 11.5. The van der Waals surface area contributed by atoms with Crippen molar-refractivity contribution >= 4 is 5.97 Å². The number of aryl methyl sites for hydroxylation is 1. The third-order valence-electron chi connectivity index (χ3n) is 2.80. The average Bonchev–Trinajstić information content (AvgIpc) is 2.46. The summed E-state index contributed by atoms with van der Waals surface area (Å²) >= 11 is 0. The summed E-state index contributed by atoms with van der Waals surface area (Å²) in [5.74, 6) is 0.219. The van der Waals surface area contributed by atoms with E-state index in [1.807, 2.05) is 6.92 Å². The number of hydrogen-bond donors (Lipinski definition) is 1. The van der Waals surface area contributed by atoms with E-state index < -0.39 is 5.97 Å². The van der Waals surface area contributed by atoms with E-state index in [9.17, 15) is 9.90 Å². The van der Waals surface area contributed by atoms with Crippen LogP contribution >= 0.6 is 0 Å². The summed E-state index contributed by atoms with van der Waals surface area (Å²) in [6.45, 7) is 3.99. The lowest BCUT2D eigenvalue weighted by Crippen LogP contribution is -2.11. The molecule has 2 aromatic rings. The van der Waals surface area contributed by atoms with Crippen LogP contribution in [0.3, 0.4) is 0 Å². The maximum Gasteiger partial charge on any atom is 0.341 e. The van der Waals surface area contributed by atoms with Gasteiger partial charge in [0.15, 0.2) is 5.82 Å². The first-order chi connectivity index (χ1) is 9.65. The molecule has 1 N–H and O–H groups in total. The van der Waals surface area contributed by atoms with E-state index in [-0.39, 0.29) is 5.75 Å². The first-order valence-electron chi connectivity index (χ1n) is 6.48. The fourth-order valence-corrected chi connectivity index (χ4v) is 1.85. The van der Waals surface area contributed by atoms with Crippen molar-refractivity contribution < 1.29 is 14.6 Å². The summed E-state index contributed by atoms with van der Waals surface area (Å²) in [7, 11) is 0. The van der Waals surface area contributed by atoms with Gasteiger partial charge in [-0.1, -0.05) is 19.1 Å². The van der Waals surface area contributed by atoms with E-state index in [1.54, 1.807) is 31.2 Å². The van der Waals surface area contributed by atoms with Gasteiger partial charge in [0.05, 0.1) is 17.9 Å². The lowest BCUT2D eigenvalue weighted by molar-refractivity contribution is 0.0524. The van der Waals surface area contributed by atoms with Gasteiger partial charge in [-0.2, -0.15) is 0 Å². The number of aromatic nitrogens is 2. The van der Waals surface area contributed by atoms with Crippen LogP contribution in [0.4, 0.5) is 0 Å². The van der Waals surface area contributed by atoms with Crippen LogP contribution < -0.4 is 0 Å². The molecule has 0 aliphatic rings. The van der Waals surface area contributed by atoms with Crippen LogP contribution in [0, 0.1) is 0 Å². The minimum absolute atomic E-state index is 0.151. The van der Waals surface area contributed by atoms with E-state index in [1.165, 1.54) is 6.20 Å². The van der Waals surface area contributed by atoms with Crippen molar-refractivity contribution in [2.45, 2.75) is 20.3 Å². The maximum absolute atomic E-state index is 11.8. The fourth-order valence-electron chi connectivity index (χ4n) is 1.85. The molecule has 0 aliphatic carbocycles. The lowest BCUT2D eigenvalue weighted by atomic mass is 10.1. The molecule has 0 aliphatic heterocycles. The molecule has 0 atom stereocenters. The number of phenolic OH excluding ortho intramolecular Hbond substituents is 1. The lowest BCUT2D eigenvalue weighted by Gasteiger charge is -2.08. The minimum atomic E-state index is -0.410. The van der Waals surface area contributed by atoms with Gasteiger partial charge in [0.25, 0.3) is 0 Å². The molecule has 0 radical (unpaired) electrons. The Morgan fingerprint density at radius 1 is 1.35 bits per heavy atom. The van der Waals surface area contributed by atoms with Crippen molar-refractivity contribution in [3.63, 3.8) is 0 Å². The van der Waals surface area contributed by atoms with Gasteiger partial charge in [0, 0.05) is 11.8 Å². The second kappa shape index (κ2) is 6.14. The third-order valence-corrected chi connectivity index (χ3v) is 2.80. The predicted molar refractivity (Wildman–Crippen MR) is 74.5 cm³/mol. The zero-order valence-electron chi connectivity index (χ0n) is 11.5. The molecule has 104 valence electrons. The van der Waals surface area contributed by atoms with Gasteiger partial charge in [-0.25, -0.2) is 14.8 Å². The minimum Gasteiger partial charge on any atom is -0.508 e. The Morgan fingerprint density at radius 3 is 2.80 bits per heavy atom. The van der Waals surface area contributed by atoms with Crippen LogP contribution in [0.5, 0.6) is 5.75 Å². The van der Waals surface area contributed by atoms with Gasteiger partial charge in [-0.15, -0.1) is 0 Å². The molecule has 5 nitrogen and oxygen atoms in total. The monoisotopic (exact) mass is 272 g/mol. The number of esters is 1. The molecule has 1 heterocycles. The van der Waals surface area contributed by atoms with Crippen LogP contribution in [0.1, 0.15) is 29.9 Å². The molecule has 0 bridgehead atoms. The SMILES string of the molecule is CCOC(=O)c1cnc(-c2cccc(O)c2)nc1CC. The highest BCUT2D eigenvalue weighted by atomic mass is 16.5. The summed E-state index contributed by atoms with van der Waals surface area (Å²) in [6, 6.07) is 6.69. The highest BCUT2D eigenvalue weighted by Crippen LogP contribution is 2.21. The average molecular weight is 272 g/mol. The Hall–Kier alpha value is -2.43. The number of carbonyl (C=O) groups excluding carboxylic acids is 1. The largest absolute Gasteiger partial charge is 0.508 e. The quantitative estimate of drug-likeness (QED) is 0.866. The van der Waals surface area contributed by atoms with E-state index in [2.05, 4.69) is 9.97 Å². The number of ether oxygens (including phenoxy) is 1. The van der Waals surface area contributed by atoms with E-state index >= 15 is 0 Å². The molecular formula is C15H16N2O3. The second-order valence-electron chi connectivity index (χ2n) is 4.18. The summed E-state index contributed by atoms with van der Waals surface area (Å²) in [5.41, 5.74) is 1.73. The summed E-state index contributed by atoms with van der Waals surface area (Å²) < 4.78 is 4.98. The Balaban J connectivity index is 2.41. The molecule has 0 spiro atoms. The van der Waals surface area contributed by atoms with Crippen LogP contribution in [-0.2, 0) is 11.2 Å². The number of hydrogen-bond acceptors (Lipinski definition) is 5. The first kappa shape index (κ1) is 14.0. The van der Waals surface area contributed by atoms with Gasteiger partial charge in [0.2, 0.25) is 0 Å².